The van der Waals surface area contributed by atoms with Crippen molar-refractivity contribution in [2.45, 2.75) is 6.92 Å². The Balaban J connectivity index is 2.29. The zero-order valence-corrected chi connectivity index (χ0v) is 10.5. The van der Waals surface area contributed by atoms with Gasteiger partial charge in [0.25, 0.3) is 0 Å². The highest BCUT2D eigenvalue weighted by molar-refractivity contribution is 5.92. The van der Waals surface area contributed by atoms with Gasteiger partial charge in [-0.2, -0.15) is 0 Å². The Morgan fingerprint density at radius 1 is 1.00 bits per heavy atom. The van der Waals surface area contributed by atoms with Crippen molar-refractivity contribution < 1.29 is 4.39 Å². The standard InChI is InChI=1S/C16H13FN2/c1-10-13-4-2-3-5-14(13)19-16(15(10)18)11-6-8-12(17)9-7-11/h2-9H,18H2,1H3. The predicted molar refractivity (Wildman–Crippen MR) is 76.3 cm³/mol. The molecule has 0 atom stereocenters. The van der Waals surface area contributed by atoms with Crippen molar-refractivity contribution in [1.29, 1.82) is 0 Å². The molecule has 0 amide bonds. The van der Waals surface area contributed by atoms with E-state index in [1.54, 1.807) is 12.1 Å². The molecule has 19 heavy (non-hydrogen) atoms. The first-order chi connectivity index (χ1) is 9.16. The molecule has 1 heterocycles. The van der Waals surface area contributed by atoms with Gasteiger partial charge in [0, 0.05) is 10.9 Å². The lowest BCUT2D eigenvalue weighted by Crippen LogP contribution is -1.98. The number of nitrogens with zero attached hydrogens (tertiary/aromatic N) is 1. The van der Waals surface area contributed by atoms with Crippen LogP contribution in [0, 0.1) is 12.7 Å². The van der Waals surface area contributed by atoms with Gasteiger partial charge < -0.3 is 5.73 Å². The molecule has 2 aromatic carbocycles. The number of nitrogen functional groups attached to an aromatic ring is 1. The van der Waals surface area contributed by atoms with Crippen molar-refractivity contribution in [2.75, 3.05) is 5.73 Å². The minimum atomic E-state index is -0.264. The lowest BCUT2D eigenvalue weighted by atomic mass is 10.0. The Morgan fingerprint density at radius 2 is 1.68 bits per heavy atom. The summed E-state index contributed by atoms with van der Waals surface area (Å²) in [5.74, 6) is -0.264. The lowest BCUT2D eigenvalue weighted by Gasteiger charge is -2.11. The molecule has 1 aromatic heterocycles. The first-order valence-corrected chi connectivity index (χ1v) is 6.07. The van der Waals surface area contributed by atoms with Gasteiger partial charge in [-0.1, -0.05) is 18.2 Å². The molecule has 2 N–H and O–H groups in total. The van der Waals surface area contributed by atoms with E-state index in [0.29, 0.717) is 11.4 Å². The summed E-state index contributed by atoms with van der Waals surface area (Å²) in [5.41, 5.74) is 10.2. The van der Waals surface area contributed by atoms with E-state index in [0.717, 1.165) is 22.0 Å². The predicted octanol–water partition coefficient (Wildman–Crippen LogP) is 3.93. The summed E-state index contributed by atoms with van der Waals surface area (Å²) in [4.78, 5) is 4.59. The van der Waals surface area contributed by atoms with E-state index in [1.165, 1.54) is 12.1 Å². The number of halogens is 1. The number of aryl methyl sites for hydroxylation is 1. The lowest BCUT2D eigenvalue weighted by molar-refractivity contribution is 0.628. The molecule has 0 aliphatic heterocycles. The van der Waals surface area contributed by atoms with E-state index in [4.69, 9.17) is 5.73 Å². The average Bonchev–Trinajstić information content (AvgIpc) is 2.44. The number of nitrogens with two attached hydrogens (primary N) is 1. The van der Waals surface area contributed by atoms with E-state index >= 15 is 0 Å². The van der Waals surface area contributed by atoms with Gasteiger partial charge >= 0.3 is 0 Å². The Morgan fingerprint density at radius 3 is 2.42 bits per heavy atom. The van der Waals surface area contributed by atoms with Crippen molar-refractivity contribution in [3.05, 3.63) is 59.9 Å². The molecule has 0 saturated heterocycles. The fourth-order valence-corrected chi connectivity index (χ4v) is 2.22. The number of pyridine rings is 1. The summed E-state index contributed by atoms with van der Waals surface area (Å²) in [6.45, 7) is 1.98. The molecule has 3 heteroatoms. The molecule has 3 aromatic rings. The molecule has 0 unspecified atom stereocenters. The summed E-state index contributed by atoms with van der Waals surface area (Å²) in [6, 6.07) is 14.1. The fraction of sp³-hybridized carbons (Fsp3) is 0.0625. The summed E-state index contributed by atoms with van der Waals surface area (Å²) in [5, 5.41) is 1.05. The molecule has 0 saturated carbocycles. The minimum absolute atomic E-state index is 0.264. The summed E-state index contributed by atoms with van der Waals surface area (Å²) in [6.07, 6.45) is 0. The molecule has 0 aliphatic carbocycles. The first kappa shape index (κ1) is 11.7. The maximum atomic E-state index is 13.0. The second-order valence-corrected chi connectivity index (χ2v) is 4.52. The molecule has 94 valence electrons. The summed E-state index contributed by atoms with van der Waals surface area (Å²) < 4.78 is 13.0. The Bertz CT molecular complexity index is 749. The van der Waals surface area contributed by atoms with Crippen molar-refractivity contribution in [2.24, 2.45) is 0 Å². The number of hydrogen-bond acceptors (Lipinski definition) is 2. The third-order valence-electron chi connectivity index (χ3n) is 3.32. The van der Waals surface area contributed by atoms with Gasteiger partial charge in [-0.25, -0.2) is 9.37 Å². The van der Waals surface area contributed by atoms with E-state index in [-0.39, 0.29) is 5.82 Å². The van der Waals surface area contributed by atoms with Gasteiger partial charge in [-0.15, -0.1) is 0 Å². The summed E-state index contributed by atoms with van der Waals surface area (Å²) in [7, 11) is 0. The van der Waals surface area contributed by atoms with E-state index < -0.39 is 0 Å². The van der Waals surface area contributed by atoms with Gasteiger partial charge in [0.2, 0.25) is 0 Å². The monoisotopic (exact) mass is 252 g/mol. The van der Waals surface area contributed by atoms with Crippen LogP contribution in [0.2, 0.25) is 0 Å². The van der Waals surface area contributed by atoms with Gasteiger partial charge in [0.15, 0.2) is 0 Å². The molecule has 0 spiro atoms. The van der Waals surface area contributed by atoms with Crippen molar-refractivity contribution >= 4 is 16.6 Å². The van der Waals surface area contributed by atoms with E-state index in [2.05, 4.69) is 4.98 Å². The molecule has 0 fully saturated rings. The van der Waals surface area contributed by atoms with Gasteiger partial charge in [0.1, 0.15) is 5.82 Å². The number of aromatic nitrogens is 1. The third kappa shape index (κ3) is 1.93. The quantitative estimate of drug-likeness (QED) is 0.712. The summed E-state index contributed by atoms with van der Waals surface area (Å²) >= 11 is 0. The van der Waals surface area contributed by atoms with Crippen LogP contribution in [0.1, 0.15) is 5.56 Å². The molecule has 3 rings (SSSR count). The van der Waals surface area contributed by atoms with Crippen LogP contribution >= 0.6 is 0 Å². The number of benzene rings is 2. The second kappa shape index (κ2) is 4.35. The Labute approximate surface area is 110 Å². The van der Waals surface area contributed by atoms with Crippen LogP contribution < -0.4 is 5.73 Å². The van der Waals surface area contributed by atoms with Crippen LogP contribution in [-0.2, 0) is 0 Å². The molecule has 0 bridgehead atoms. The maximum absolute atomic E-state index is 13.0. The maximum Gasteiger partial charge on any atom is 0.123 e. The van der Waals surface area contributed by atoms with Crippen molar-refractivity contribution in [1.82, 2.24) is 4.98 Å². The SMILES string of the molecule is Cc1c(N)c(-c2ccc(F)cc2)nc2ccccc12. The number of fused-ring (bicyclic) bond motifs is 1. The number of rotatable bonds is 1. The highest BCUT2D eigenvalue weighted by atomic mass is 19.1. The van der Waals surface area contributed by atoms with Gasteiger partial charge in [-0.3, -0.25) is 0 Å². The molecule has 2 nitrogen and oxygen atoms in total. The van der Waals surface area contributed by atoms with E-state index in [1.807, 2.05) is 31.2 Å². The highest BCUT2D eigenvalue weighted by Crippen LogP contribution is 2.31. The van der Waals surface area contributed by atoms with Crippen LogP contribution in [0.15, 0.2) is 48.5 Å². The number of hydrogen-bond donors (Lipinski definition) is 1. The van der Waals surface area contributed by atoms with Crippen LogP contribution in [0.3, 0.4) is 0 Å². The third-order valence-corrected chi connectivity index (χ3v) is 3.32. The highest BCUT2D eigenvalue weighted by Gasteiger charge is 2.10. The number of para-hydroxylation sites is 1. The van der Waals surface area contributed by atoms with Gasteiger partial charge in [0.05, 0.1) is 16.9 Å². The van der Waals surface area contributed by atoms with Gasteiger partial charge in [-0.05, 0) is 42.8 Å². The molecule has 0 aliphatic rings. The fourth-order valence-electron chi connectivity index (χ4n) is 2.22. The van der Waals surface area contributed by atoms with Crippen LogP contribution in [0.4, 0.5) is 10.1 Å². The molecule has 0 radical (unpaired) electrons. The largest absolute Gasteiger partial charge is 0.397 e. The Kier molecular flexibility index (Phi) is 2.67. The zero-order chi connectivity index (χ0) is 13.4. The van der Waals surface area contributed by atoms with Crippen molar-refractivity contribution in [3.8, 4) is 11.3 Å². The zero-order valence-electron chi connectivity index (χ0n) is 10.5. The van der Waals surface area contributed by atoms with Crippen molar-refractivity contribution in [3.63, 3.8) is 0 Å². The number of anilines is 1. The Hall–Kier alpha value is -2.42. The minimum Gasteiger partial charge on any atom is -0.397 e. The smallest absolute Gasteiger partial charge is 0.123 e. The second-order valence-electron chi connectivity index (χ2n) is 4.52. The van der Waals surface area contributed by atoms with Crippen LogP contribution in [0.5, 0.6) is 0 Å². The molecular weight excluding hydrogens is 239 g/mol. The van der Waals surface area contributed by atoms with E-state index in [9.17, 15) is 4.39 Å². The first-order valence-electron chi connectivity index (χ1n) is 6.07. The topological polar surface area (TPSA) is 38.9 Å². The van der Waals surface area contributed by atoms with Crippen LogP contribution in [-0.4, -0.2) is 4.98 Å². The normalized spacial score (nSPS) is 10.8. The van der Waals surface area contributed by atoms with Crippen LogP contribution in [0.25, 0.3) is 22.2 Å². The average molecular weight is 252 g/mol. The molecular formula is C16H13FN2.